The fraction of sp³-hybridized carbons (Fsp3) is 0.148. The van der Waals surface area contributed by atoms with Crippen molar-refractivity contribution in [3.05, 3.63) is 284 Å². The second-order valence-electron chi connectivity index (χ2n) is 26.6. The van der Waals surface area contributed by atoms with Gasteiger partial charge in [0.2, 0.25) is 55.3 Å². The Morgan fingerprint density at radius 2 is 0.772 bits per heavy atom. The van der Waals surface area contributed by atoms with Gasteiger partial charge in [-0.2, -0.15) is 18.3 Å². The molecule has 9 heterocycles. The number of aryl methyl sites for hydroxylation is 6. The third-order valence-electron chi connectivity index (χ3n) is 20.9. The molecule has 0 amide bonds. The number of aromatic nitrogens is 9. The fourth-order valence-corrected chi connectivity index (χ4v) is 16.4. The van der Waals surface area contributed by atoms with E-state index in [0.29, 0.717) is 0 Å². The lowest BCUT2D eigenvalue weighted by molar-refractivity contribution is -0.662. The number of hydrogen-bond acceptors (Lipinski definition) is 0. The molecule has 13 heteroatoms. The van der Waals surface area contributed by atoms with Crippen molar-refractivity contribution in [1.29, 1.82) is 0 Å². The molecule has 19 aromatic rings. The van der Waals surface area contributed by atoms with Gasteiger partial charge >= 0.3 is 0 Å². The summed E-state index contributed by atoms with van der Waals surface area (Å²) in [5.74, 6) is 0. The third kappa shape index (κ3) is 12.5. The zero-order valence-corrected chi connectivity index (χ0v) is 65.1. The monoisotopic (exact) mass is 1770 g/mol. The average molecular weight is 1770 g/mol. The van der Waals surface area contributed by atoms with E-state index >= 15 is 0 Å². The fourth-order valence-electron chi connectivity index (χ4n) is 16.4. The van der Waals surface area contributed by atoms with Gasteiger partial charge in [0.1, 0.15) is 49.3 Å². The Kier molecular flexibility index (Phi) is 20.5. The number of halogens is 4. The van der Waals surface area contributed by atoms with Crippen LogP contribution < -0.4 is 119 Å². The van der Waals surface area contributed by atoms with Crippen molar-refractivity contribution in [2.24, 2.45) is 14.1 Å². The highest BCUT2D eigenvalue weighted by atomic mass is 127. The van der Waals surface area contributed by atoms with Crippen molar-refractivity contribution in [1.82, 2.24) is 19.1 Å². The molecule has 20 rings (SSSR count). The van der Waals surface area contributed by atoms with E-state index in [0.717, 1.165) is 63.8 Å². The largest absolute Gasteiger partial charge is 1.00 e. The van der Waals surface area contributed by atoms with Crippen molar-refractivity contribution < 1.29 is 119 Å². The van der Waals surface area contributed by atoms with E-state index in [-0.39, 0.29) is 95.9 Å². The number of H-pyrrole nitrogens is 3. The Morgan fingerprint density at radius 3 is 1.40 bits per heavy atom. The number of fused-ring (bicyclic) bond motifs is 20. The van der Waals surface area contributed by atoms with E-state index in [1.165, 1.54) is 172 Å². The Bertz CT molecular complexity index is 6160. The number of hydrogen-bond donors (Lipinski definition) is 2. The van der Waals surface area contributed by atoms with Crippen LogP contribution in [0.3, 0.4) is 0 Å². The Morgan fingerprint density at radius 1 is 0.337 bits per heavy atom. The number of para-hydroxylation sites is 9. The summed E-state index contributed by atoms with van der Waals surface area (Å²) >= 11 is 0. The number of aromatic amines is 3. The maximum absolute atomic E-state index is 3.66. The summed E-state index contributed by atoms with van der Waals surface area (Å²) in [5, 5.41) is 11.7. The number of unbranched alkanes of at least 4 members (excludes halogenated alkanes) is 4. The van der Waals surface area contributed by atoms with Crippen LogP contribution in [0.1, 0.15) is 49.7 Å². The first-order chi connectivity index (χ1) is 48.0. The summed E-state index contributed by atoms with van der Waals surface area (Å²) < 4.78 is 15.0. The van der Waals surface area contributed by atoms with Crippen LogP contribution in [0.4, 0.5) is 0 Å². The molecule has 0 bridgehead atoms. The van der Waals surface area contributed by atoms with Crippen molar-refractivity contribution in [2.75, 3.05) is 0 Å². The summed E-state index contributed by atoms with van der Waals surface area (Å²) in [6, 6.07) is 98.9. The standard InChI is InChI=1S/C37H34N4.C36H30N3.C15H10N2.4HI/c1-38-30-18-8-4-14-26(30)24-34-36(38)28-16-6-10-20-32(28)40(34)22-12-3-13-23-41-33-21-11-7-17-29(33)37-35(41)25-27-15-5-9-19-31(27)39(37)2;1(10-20-38-33-18-8-3-13-26(33)23-28-22-25-12-2-5-15-29(25)35(28)38)11-21-39-34-19-9-4-14-27(34)24-32-36(39)30-16-6-7-17-31(30)37-32;1-3-7-12-10(5-1)9-14-15(17-12)11-6-2-4-8-13(11)16-14;;;;/h4-11,14-21,24-25H,3,12-13,22-23H2,1-2H3;2-9,12-19,23-24H,1,10-11,20-22H2;1-9,16H;4*1H/q+2;+1;;;;;/p-2. The third-order valence-corrected chi connectivity index (χ3v) is 20.9. The Labute approximate surface area is 654 Å². The molecule has 101 heavy (non-hydrogen) atoms. The molecule has 0 saturated carbocycles. The Hall–Kier alpha value is -8.63. The molecule has 0 unspecified atom stereocenters. The highest BCUT2D eigenvalue weighted by Crippen LogP contribution is 2.37. The van der Waals surface area contributed by atoms with Crippen LogP contribution in [0.25, 0.3) is 154 Å². The minimum Gasteiger partial charge on any atom is -1.00 e. The molecule has 3 N–H and O–H groups in total. The van der Waals surface area contributed by atoms with Crippen molar-refractivity contribution >= 4 is 142 Å². The second-order valence-corrected chi connectivity index (χ2v) is 26.6. The number of rotatable bonds is 12. The molecule has 0 atom stereocenters. The van der Waals surface area contributed by atoms with Crippen molar-refractivity contribution in [3.63, 3.8) is 0 Å². The molecule has 500 valence electrons. The maximum atomic E-state index is 3.66. The normalized spacial score (nSPS) is 11.7. The molecule has 0 aliphatic heterocycles. The number of nitrogens with zero attached hydrogens (tertiary/aromatic N) is 6. The van der Waals surface area contributed by atoms with E-state index < -0.39 is 0 Å². The lowest BCUT2D eigenvalue weighted by atomic mass is 10.1. The SMILES string of the molecule is C[n+]1c2ccccc2cc2c1c1ccccc1n2CCCCCn1c2ccccc2c2c1cc1ccccc1[n+]2C.[I-].[I-].[I-].[I-].c1ccc2[nH+]c3c(cc2c1)[nH]c1ccccc13.c1ccc2c(c1)Cc1cc3ccccc3[n+](CCCCC[n+]3c4ccccc4cc4[nH]c5ccccc5c43)c1-2. The molecule has 1 aliphatic carbocycles. The predicted octanol–water partition coefficient (Wildman–Crippen LogP) is 6.68. The maximum Gasteiger partial charge on any atom is 0.238 e. The van der Waals surface area contributed by atoms with E-state index in [1.807, 2.05) is 0 Å². The van der Waals surface area contributed by atoms with Gasteiger partial charge in [-0.3, -0.25) is 0 Å². The van der Waals surface area contributed by atoms with E-state index in [4.69, 9.17) is 0 Å². The summed E-state index contributed by atoms with van der Waals surface area (Å²) in [5.41, 5.74) is 27.3. The first-order valence-corrected chi connectivity index (χ1v) is 34.7. The molecule has 0 spiro atoms. The van der Waals surface area contributed by atoms with Gasteiger partial charge in [-0.1, -0.05) is 127 Å². The second kappa shape index (κ2) is 29.8. The minimum atomic E-state index is 0. The van der Waals surface area contributed by atoms with E-state index in [1.54, 1.807) is 0 Å². The molecule has 9 aromatic heterocycles. The molecular formula is C88H76I4N9+. The highest BCUT2D eigenvalue weighted by Gasteiger charge is 2.30. The minimum absolute atomic E-state index is 0. The smallest absolute Gasteiger partial charge is 0.238 e. The van der Waals surface area contributed by atoms with E-state index in [9.17, 15) is 0 Å². The van der Waals surface area contributed by atoms with Crippen LogP contribution in [0.15, 0.2) is 273 Å². The van der Waals surface area contributed by atoms with Gasteiger partial charge in [-0.05, 0) is 147 Å². The summed E-state index contributed by atoms with van der Waals surface area (Å²) in [7, 11) is 4.41. The highest BCUT2D eigenvalue weighted by molar-refractivity contribution is 6.09. The van der Waals surface area contributed by atoms with Crippen LogP contribution in [0, 0.1) is 0 Å². The lowest BCUT2D eigenvalue weighted by Crippen LogP contribution is -3.00. The van der Waals surface area contributed by atoms with Gasteiger partial charge in [0, 0.05) is 101 Å². The quantitative estimate of drug-likeness (QED) is 0.0781. The molecule has 10 aromatic carbocycles. The summed E-state index contributed by atoms with van der Waals surface area (Å²) in [4.78, 5) is 10.6. The summed E-state index contributed by atoms with van der Waals surface area (Å²) in [6.45, 7) is 4.10. The van der Waals surface area contributed by atoms with Crippen LogP contribution >= 0.6 is 0 Å². The molecule has 1 aliphatic rings. The molecule has 0 radical (unpaired) electrons. The van der Waals surface area contributed by atoms with Crippen molar-refractivity contribution in [3.8, 4) is 11.3 Å². The summed E-state index contributed by atoms with van der Waals surface area (Å²) in [6.07, 6.45) is 8.02. The topological polar surface area (TPSA) is 71.1 Å². The van der Waals surface area contributed by atoms with Crippen molar-refractivity contribution in [2.45, 2.75) is 71.1 Å². The van der Waals surface area contributed by atoms with Gasteiger partial charge in [0.15, 0.2) is 0 Å². The van der Waals surface area contributed by atoms with Gasteiger partial charge in [-0.15, -0.1) is 0 Å². The molecule has 9 nitrogen and oxygen atoms in total. The molecular weight excluding hydrogens is 1690 g/mol. The Balaban J connectivity index is 0.000000135. The zero-order valence-electron chi connectivity index (χ0n) is 56.5. The first-order valence-electron chi connectivity index (χ1n) is 34.7. The van der Waals surface area contributed by atoms with Gasteiger partial charge < -0.3 is 115 Å². The van der Waals surface area contributed by atoms with Crippen LogP contribution in [-0.4, -0.2) is 19.1 Å². The van der Waals surface area contributed by atoms with Crippen LogP contribution in [-0.2, 0) is 46.7 Å². The lowest BCUT2D eigenvalue weighted by Gasteiger charge is -2.09. The average Bonchev–Trinajstić information content (AvgIpc) is 1.64. The van der Waals surface area contributed by atoms with Gasteiger partial charge in [0.05, 0.1) is 43.6 Å². The molecule has 0 fully saturated rings. The predicted molar refractivity (Wildman–Crippen MR) is 400 cm³/mol. The van der Waals surface area contributed by atoms with Crippen LogP contribution in [0.5, 0.6) is 0 Å². The zero-order chi connectivity index (χ0) is 64.5. The molecule has 0 saturated heterocycles. The van der Waals surface area contributed by atoms with Gasteiger partial charge in [0.25, 0.3) is 0 Å². The number of nitrogens with one attached hydrogen (secondary N) is 3. The first kappa shape index (κ1) is 69.5. The van der Waals surface area contributed by atoms with Crippen LogP contribution in [0.2, 0.25) is 0 Å². The number of benzene rings is 10. The number of pyridine rings is 5. The van der Waals surface area contributed by atoms with E-state index in [2.05, 4.69) is 329 Å². The van der Waals surface area contributed by atoms with Gasteiger partial charge in [-0.25, -0.2) is 4.98 Å².